The second-order valence-electron chi connectivity index (χ2n) is 5.17. The SMILES string of the molecule is C[C@@H](CC1CCC(=O)N1Cc1ccccc1)C(=O)O. The van der Waals surface area contributed by atoms with E-state index in [1.54, 1.807) is 6.92 Å². The van der Waals surface area contributed by atoms with Crippen molar-refractivity contribution in [3.05, 3.63) is 35.9 Å². The zero-order chi connectivity index (χ0) is 13.8. The third-order valence-corrected chi connectivity index (χ3v) is 3.70. The minimum absolute atomic E-state index is 0.0545. The first-order chi connectivity index (χ1) is 9.08. The molecule has 1 heterocycles. The molecule has 2 rings (SSSR count). The molecule has 1 N–H and O–H groups in total. The fourth-order valence-corrected chi connectivity index (χ4v) is 2.54. The number of benzene rings is 1. The van der Waals surface area contributed by atoms with E-state index in [9.17, 15) is 9.59 Å². The number of hydrogen-bond donors (Lipinski definition) is 1. The molecular formula is C15H19NO3. The first-order valence-corrected chi connectivity index (χ1v) is 6.64. The predicted molar refractivity (Wildman–Crippen MR) is 71.4 cm³/mol. The minimum Gasteiger partial charge on any atom is -0.481 e. The Morgan fingerprint density at radius 2 is 2.11 bits per heavy atom. The summed E-state index contributed by atoms with van der Waals surface area (Å²) in [6, 6.07) is 9.88. The Labute approximate surface area is 113 Å². The Kier molecular flexibility index (Phi) is 4.20. The minimum atomic E-state index is -0.793. The number of rotatable bonds is 5. The maximum absolute atomic E-state index is 11.9. The lowest BCUT2D eigenvalue weighted by molar-refractivity contribution is -0.142. The molecule has 0 bridgehead atoms. The van der Waals surface area contributed by atoms with Gasteiger partial charge in [-0.15, -0.1) is 0 Å². The molecule has 4 heteroatoms. The van der Waals surface area contributed by atoms with Gasteiger partial charge >= 0.3 is 5.97 Å². The molecule has 19 heavy (non-hydrogen) atoms. The highest BCUT2D eigenvalue weighted by Crippen LogP contribution is 2.26. The monoisotopic (exact) mass is 261 g/mol. The third kappa shape index (κ3) is 3.34. The van der Waals surface area contributed by atoms with Gasteiger partial charge in [0.25, 0.3) is 0 Å². The Bertz CT molecular complexity index is 458. The molecule has 1 aromatic rings. The highest BCUT2D eigenvalue weighted by Gasteiger charge is 2.32. The molecule has 1 aliphatic rings. The van der Waals surface area contributed by atoms with Crippen molar-refractivity contribution >= 4 is 11.9 Å². The summed E-state index contributed by atoms with van der Waals surface area (Å²) in [5.74, 6) is -1.07. The van der Waals surface area contributed by atoms with E-state index in [1.807, 2.05) is 35.2 Å². The molecule has 0 saturated carbocycles. The van der Waals surface area contributed by atoms with Crippen molar-refractivity contribution in [2.24, 2.45) is 5.92 Å². The predicted octanol–water partition coefficient (Wildman–Crippen LogP) is 2.29. The summed E-state index contributed by atoms with van der Waals surface area (Å²) >= 11 is 0. The van der Waals surface area contributed by atoms with Gasteiger partial charge in [0.05, 0.1) is 5.92 Å². The van der Waals surface area contributed by atoms with Gasteiger partial charge in [0.15, 0.2) is 0 Å². The zero-order valence-electron chi connectivity index (χ0n) is 11.1. The van der Waals surface area contributed by atoms with Crippen LogP contribution in [0.4, 0.5) is 0 Å². The fraction of sp³-hybridized carbons (Fsp3) is 0.467. The number of aliphatic carboxylic acids is 1. The van der Waals surface area contributed by atoms with Crippen molar-refractivity contribution in [1.29, 1.82) is 0 Å². The van der Waals surface area contributed by atoms with Gasteiger partial charge in [-0.3, -0.25) is 9.59 Å². The summed E-state index contributed by atoms with van der Waals surface area (Å²) in [5.41, 5.74) is 1.09. The Morgan fingerprint density at radius 1 is 1.42 bits per heavy atom. The van der Waals surface area contributed by atoms with E-state index >= 15 is 0 Å². The van der Waals surface area contributed by atoms with Crippen LogP contribution in [0.1, 0.15) is 31.7 Å². The van der Waals surface area contributed by atoms with E-state index in [1.165, 1.54) is 0 Å². The average molecular weight is 261 g/mol. The number of likely N-dealkylation sites (tertiary alicyclic amines) is 1. The topological polar surface area (TPSA) is 57.6 Å². The number of carbonyl (C=O) groups is 2. The van der Waals surface area contributed by atoms with Crippen LogP contribution in [0.15, 0.2) is 30.3 Å². The summed E-state index contributed by atoms with van der Waals surface area (Å²) in [7, 11) is 0. The van der Waals surface area contributed by atoms with Crippen LogP contribution in [0, 0.1) is 5.92 Å². The molecule has 0 spiro atoms. The highest BCUT2D eigenvalue weighted by atomic mass is 16.4. The molecule has 1 fully saturated rings. The Balaban J connectivity index is 2.03. The van der Waals surface area contributed by atoms with Crippen LogP contribution in [0.3, 0.4) is 0 Å². The van der Waals surface area contributed by atoms with E-state index in [2.05, 4.69) is 0 Å². The highest BCUT2D eigenvalue weighted by molar-refractivity contribution is 5.79. The van der Waals surface area contributed by atoms with E-state index in [-0.39, 0.29) is 11.9 Å². The molecule has 0 aliphatic carbocycles. The molecule has 1 aromatic carbocycles. The number of carboxylic acids is 1. The molecule has 0 radical (unpaired) electrons. The number of carboxylic acid groups (broad SMARTS) is 1. The average Bonchev–Trinajstić information content (AvgIpc) is 2.72. The summed E-state index contributed by atoms with van der Waals surface area (Å²) in [6.07, 6.45) is 1.83. The van der Waals surface area contributed by atoms with Crippen LogP contribution in [-0.4, -0.2) is 27.9 Å². The molecule has 1 amide bonds. The van der Waals surface area contributed by atoms with Crippen LogP contribution in [0.5, 0.6) is 0 Å². The molecular weight excluding hydrogens is 242 g/mol. The van der Waals surface area contributed by atoms with Crippen LogP contribution in [0.25, 0.3) is 0 Å². The van der Waals surface area contributed by atoms with Gasteiger partial charge in [-0.05, 0) is 18.4 Å². The smallest absolute Gasteiger partial charge is 0.306 e. The van der Waals surface area contributed by atoms with Crippen molar-refractivity contribution in [3.63, 3.8) is 0 Å². The maximum Gasteiger partial charge on any atom is 0.306 e. The lowest BCUT2D eigenvalue weighted by atomic mass is 10.00. The molecule has 0 aromatic heterocycles. The van der Waals surface area contributed by atoms with Crippen LogP contribution in [-0.2, 0) is 16.1 Å². The fourth-order valence-electron chi connectivity index (χ4n) is 2.54. The van der Waals surface area contributed by atoms with Gasteiger partial charge in [-0.1, -0.05) is 37.3 Å². The quantitative estimate of drug-likeness (QED) is 0.884. The van der Waals surface area contributed by atoms with Crippen molar-refractivity contribution in [2.75, 3.05) is 0 Å². The first-order valence-electron chi connectivity index (χ1n) is 6.64. The first kappa shape index (κ1) is 13.6. The maximum atomic E-state index is 11.9. The van der Waals surface area contributed by atoms with Gasteiger partial charge in [-0.2, -0.15) is 0 Å². The van der Waals surface area contributed by atoms with E-state index in [0.717, 1.165) is 12.0 Å². The molecule has 2 atom stereocenters. The van der Waals surface area contributed by atoms with Gasteiger partial charge in [0, 0.05) is 19.0 Å². The van der Waals surface area contributed by atoms with E-state index in [0.29, 0.717) is 19.4 Å². The molecule has 1 unspecified atom stereocenters. The molecule has 1 saturated heterocycles. The number of nitrogens with zero attached hydrogens (tertiary/aromatic N) is 1. The summed E-state index contributed by atoms with van der Waals surface area (Å²) in [5, 5.41) is 8.98. The summed E-state index contributed by atoms with van der Waals surface area (Å²) < 4.78 is 0. The standard InChI is InChI=1S/C15H19NO3/c1-11(15(18)19)9-13-7-8-14(17)16(13)10-12-5-3-2-4-6-12/h2-6,11,13H,7-10H2,1H3,(H,18,19)/t11-,13?/m0/s1. The number of hydrogen-bond acceptors (Lipinski definition) is 2. The van der Waals surface area contributed by atoms with Gasteiger partial charge in [0.1, 0.15) is 0 Å². The van der Waals surface area contributed by atoms with Gasteiger partial charge in [-0.25, -0.2) is 0 Å². The normalized spacial score (nSPS) is 20.6. The van der Waals surface area contributed by atoms with Crippen molar-refractivity contribution in [2.45, 2.75) is 38.8 Å². The second kappa shape index (κ2) is 5.87. The largest absolute Gasteiger partial charge is 0.481 e. The zero-order valence-corrected chi connectivity index (χ0v) is 11.1. The van der Waals surface area contributed by atoms with Crippen molar-refractivity contribution < 1.29 is 14.7 Å². The lowest BCUT2D eigenvalue weighted by Gasteiger charge is -2.26. The molecule has 102 valence electrons. The summed E-state index contributed by atoms with van der Waals surface area (Å²) in [6.45, 7) is 2.28. The van der Waals surface area contributed by atoms with Gasteiger partial charge in [0.2, 0.25) is 5.91 Å². The Morgan fingerprint density at radius 3 is 2.74 bits per heavy atom. The number of carbonyl (C=O) groups excluding carboxylic acids is 1. The van der Waals surface area contributed by atoms with Crippen molar-refractivity contribution in [1.82, 2.24) is 4.90 Å². The second-order valence-corrected chi connectivity index (χ2v) is 5.17. The van der Waals surface area contributed by atoms with Crippen molar-refractivity contribution in [3.8, 4) is 0 Å². The van der Waals surface area contributed by atoms with Gasteiger partial charge < -0.3 is 10.0 Å². The Hall–Kier alpha value is -1.84. The molecule has 1 aliphatic heterocycles. The summed E-state index contributed by atoms with van der Waals surface area (Å²) in [4.78, 5) is 24.7. The van der Waals surface area contributed by atoms with Crippen LogP contribution in [0.2, 0.25) is 0 Å². The third-order valence-electron chi connectivity index (χ3n) is 3.70. The van der Waals surface area contributed by atoms with Crippen LogP contribution >= 0.6 is 0 Å². The number of amides is 1. The lowest BCUT2D eigenvalue weighted by Crippen LogP contribution is -2.34. The molecule has 4 nitrogen and oxygen atoms in total. The van der Waals surface area contributed by atoms with E-state index < -0.39 is 11.9 Å². The van der Waals surface area contributed by atoms with E-state index in [4.69, 9.17) is 5.11 Å². The van der Waals surface area contributed by atoms with Crippen LogP contribution < -0.4 is 0 Å².